The third-order valence-electron chi connectivity index (χ3n) is 1.81. The van der Waals surface area contributed by atoms with Gasteiger partial charge in [-0.3, -0.25) is 0 Å². The van der Waals surface area contributed by atoms with Gasteiger partial charge in [-0.25, -0.2) is 4.68 Å². The van der Waals surface area contributed by atoms with Gasteiger partial charge in [0.25, 0.3) is 0 Å². The van der Waals surface area contributed by atoms with Gasteiger partial charge < -0.3 is 10.5 Å². The van der Waals surface area contributed by atoms with Crippen molar-refractivity contribution in [1.29, 1.82) is 0 Å². The molecule has 0 saturated carbocycles. The number of ether oxygens (including phenoxy) is 1. The van der Waals surface area contributed by atoms with Crippen LogP contribution in [0, 0.1) is 0 Å². The number of thioether (sulfide) groups is 1. The highest BCUT2D eigenvalue weighted by molar-refractivity contribution is 7.99. The number of unbranched alkanes of at least 4 members (excludes halogenated alkanes) is 1. The molecule has 0 aliphatic heterocycles. The van der Waals surface area contributed by atoms with Crippen molar-refractivity contribution in [3.05, 3.63) is 0 Å². The van der Waals surface area contributed by atoms with E-state index < -0.39 is 0 Å². The van der Waals surface area contributed by atoms with Crippen molar-refractivity contribution < 1.29 is 4.74 Å². The van der Waals surface area contributed by atoms with Crippen LogP contribution in [0.4, 0.5) is 0 Å². The monoisotopic (exact) mass is 231 g/mol. The van der Waals surface area contributed by atoms with Gasteiger partial charge in [0.1, 0.15) is 0 Å². The third-order valence-corrected chi connectivity index (χ3v) is 2.86. The SMILES string of the molecule is COCCCCSc1nnnn1CCN. The molecular weight excluding hydrogens is 214 g/mol. The van der Waals surface area contributed by atoms with E-state index in [-0.39, 0.29) is 0 Å². The average molecular weight is 231 g/mol. The van der Waals surface area contributed by atoms with Crippen molar-refractivity contribution in [2.75, 3.05) is 26.0 Å². The Labute approximate surface area is 93.5 Å². The summed E-state index contributed by atoms with van der Waals surface area (Å²) < 4.78 is 6.71. The molecule has 1 rings (SSSR count). The Bertz CT molecular complexity index is 267. The van der Waals surface area contributed by atoms with Crippen LogP contribution >= 0.6 is 11.8 Å². The minimum atomic E-state index is 0.558. The number of rotatable bonds is 8. The standard InChI is InChI=1S/C8H17N5OS/c1-14-6-2-3-7-15-8-10-11-12-13(8)5-4-9/h2-7,9H2,1H3. The molecule has 15 heavy (non-hydrogen) atoms. The van der Waals surface area contributed by atoms with E-state index in [9.17, 15) is 0 Å². The fourth-order valence-corrected chi connectivity index (χ4v) is 1.98. The molecule has 0 bridgehead atoms. The zero-order valence-corrected chi connectivity index (χ0v) is 9.74. The minimum Gasteiger partial charge on any atom is -0.385 e. The van der Waals surface area contributed by atoms with Crippen molar-refractivity contribution in [3.63, 3.8) is 0 Å². The largest absolute Gasteiger partial charge is 0.385 e. The molecule has 1 heterocycles. The highest BCUT2D eigenvalue weighted by atomic mass is 32.2. The van der Waals surface area contributed by atoms with Gasteiger partial charge in [-0.15, -0.1) is 5.10 Å². The molecule has 86 valence electrons. The molecular formula is C8H17N5OS. The number of nitrogens with zero attached hydrogens (tertiary/aromatic N) is 4. The van der Waals surface area contributed by atoms with Crippen LogP contribution in [0.15, 0.2) is 5.16 Å². The molecule has 1 aromatic rings. The van der Waals surface area contributed by atoms with Crippen LogP contribution < -0.4 is 5.73 Å². The fourth-order valence-electron chi connectivity index (χ4n) is 1.07. The van der Waals surface area contributed by atoms with E-state index >= 15 is 0 Å². The molecule has 0 fully saturated rings. The molecule has 0 spiro atoms. The Balaban J connectivity index is 2.21. The topological polar surface area (TPSA) is 78.9 Å². The van der Waals surface area contributed by atoms with Gasteiger partial charge in [0.2, 0.25) is 5.16 Å². The van der Waals surface area contributed by atoms with Crippen molar-refractivity contribution in [2.24, 2.45) is 5.73 Å². The summed E-state index contributed by atoms with van der Waals surface area (Å²) in [6.45, 7) is 2.05. The third kappa shape index (κ3) is 4.59. The molecule has 2 N–H and O–H groups in total. The van der Waals surface area contributed by atoms with Crippen molar-refractivity contribution in [3.8, 4) is 0 Å². The van der Waals surface area contributed by atoms with Crippen LogP contribution in [0.2, 0.25) is 0 Å². The second-order valence-corrected chi connectivity index (χ2v) is 4.08. The van der Waals surface area contributed by atoms with Crippen LogP contribution in [-0.2, 0) is 11.3 Å². The number of tetrazole rings is 1. The number of aromatic nitrogens is 4. The average Bonchev–Trinajstić information content (AvgIpc) is 2.66. The Morgan fingerprint density at radius 1 is 1.47 bits per heavy atom. The lowest BCUT2D eigenvalue weighted by Crippen LogP contribution is -2.12. The second-order valence-electron chi connectivity index (χ2n) is 3.02. The van der Waals surface area contributed by atoms with Crippen LogP contribution in [0.1, 0.15) is 12.8 Å². The Morgan fingerprint density at radius 3 is 3.07 bits per heavy atom. The summed E-state index contributed by atoms with van der Waals surface area (Å²) >= 11 is 1.66. The zero-order valence-electron chi connectivity index (χ0n) is 8.93. The van der Waals surface area contributed by atoms with Gasteiger partial charge in [-0.05, 0) is 23.3 Å². The van der Waals surface area contributed by atoms with Gasteiger partial charge in [0, 0.05) is 26.0 Å². The molecule has 0 amide bonds. The van der Waals surface area contributed by atoms with Gasteiger partial charge >= 0.3 is 0 Å². The van der Waals surface area contributed by atoms with Gasteiger partial charge in [0.05, 0.1) is 6.54 Å². The summed E-state index contributed by atoms with van der Waals surface area (Å²) in [7, 11) is 1.72. The van der Waals surface area contributed by atoms with Gasteiger partial charge in [0.15, 0.2) is 0 Å². The van der Waals surface area contributed by atoms with Crippen LogP contribution in [-0.4, -0.2) is 46.2 Å². The lowest BCUT2D eigenvalue weighted by atomic mass is 10.4. The predicted molar refractivity (Wildman–Crippen MR) is 58.7 cm³/mol. The highest BCUT2D eigenvalue weighted by Gasteiger charge is 2.04. The van der Waals surface area contributed by atoms with Crippen molar-refractivity contribution >= 4 is 11.8 Å². The van der Waals surface area contributed by atoms with E-state index in [1.165, 1.54) is 0 Å². The second kappa shape index (κ2) is 7.61. The first-order valence-electron chi connectivity index (χ1n) is 4.96. The molecule has 0 saturated heterocycles. The molecule has 6 nitrogen and oxygen atoms in total. The van der Waals surface area contributed by atoms with E-state index in [1.807, 2.05) is 0 Å². The molecule has 7 heteroatoms. The molecule has 0 aliphatic rings. The van der Waals surface area contributed by atoms with Crippen LogP contribution in [0.5, 0.6) is 0 Å². The molecule has 0 atom stereocenters. The number of methoxy groups -OCH3 is 1. The normalized spacial score (nSPS) is 10.8. The summed E-state index contributed by atoms with van der Waals surface area (Å²) in [6, 6.07) is 0. The van der Waals surface area contributed by atoms with Crippen molar-refractivity contribution in [2.45, 2.75) is 24.5 Å². The zero-order chi connectivity index (χ0) is 10.9. The van der Waals surface area contributed by atoms with Crippen LogP contribution in [0.25, 0.3) is 0 Å². The summed E-state index contributed by atoms with van der Waals surface area (Å²) in [5, 5.41) is 12.2. The first kappa shape index (κ1) is 12.4. The molecule has 0 aromatic carbocycles. The molecule has 1 aromatic heterocycles. The number of hydrogen-bond acceptors (Lipinski definition) is 6. The maximum absolute atomic E-state index is 5.44. The molecule has 0 radical (unpaired) electrons. The Morgan fingerprint density at radius 2 is 2.33 bits per heavy atom. The van der Waals surface area contributed by atoms with E-state index in [4.69, 9.17) is 10.5 Å². The van der Waals surface area contributed by atoms with Gasteiger partial charge in [-0.2, -0.15) is 0 Å². The minimum absolute atomic E-state index is 0.558. The van der Waals surface area contributed by atoms with E-state index in [2.05, 4.69) is 15.5 Å². The Hall–Kier alpha value is -0.660. The lowest BCUT2D eigenvalue weighted by molar-refractivity contribution is 0.194. The quantitative estimate of drug-likeness (QED) is 0.507. The summed E-state index contributed by atoms with van der Waals surface area (Å²) in [6.07, 6.45) is 2.18. The summed E-state index contributed by atoms with van der Waals surface area (Å²) in [5.41, 5.74) is 5.44. The van der Waals surface area contributed by atoms with E-state index in [0.29, 0.717) is 13.1 Å². The maximum atomic E-state index is 5.44. The maximum Gasteiger partial charge on any atom is 0.209 e. The number of hydrogen-bond donors (Lipinski definition) is 1. The Kier molecular flexibility index (Phi) is 6.29. The van der Waals surface area contributed by atoms with Gasteiger partial charge in [-0.1, -0.05) is 11.8 Å². The lowest BCUT2D eigenvalue weighted by Gasteiger charge is -2.02. The van der Waals surface area contributed by atoms with E-state index in [0.717, 1.165) is 30.4 Å². The molecule has 0 aliphatic carbocycles. The number of nitrogens with two attached hydrogens (primary N) is 1. The van der Waals surface area contributed by atoms with Crippen LogP contribution in [0.3, 0.4) is 0 Å². The van der Waals surface area contributed by atoms with Crippen molar-refractivity contribution in [1.82, 2.24) is 20.2 Å². The fraction of sp³-hybridized carbons (Fsp3) is 0.875. The summed E-state index contributed by atoms with van der Waals surface area (Å²) in [5.74, 6) is 1.01. The summed E-state index contributed by atoms with van der Waals surface area (Å²) in [4.78, 5) is 0. The predicted octanol–water partition coefficient (Wildman–Crippen LogP) is 0.151. The first-order chi connectivity index (χ1) is 7.38. The van der Waals surface area contributed by atoms with E-state index in [1.54, 1.807) is 23.6 Å². The highest BCUT2D eigenvalue weighted by Crippen LogP contribution is 2.14. The first-order valence-corrected chi connectivity index (χ1v) is 5.95. The molecule has 0 unspecified atom stereocenters. The smallest absolute Gasteiger partial charge is 0.209 e.